The molecule has 1 amide bonds. The Balaban J connectivity index is 2.01. The van der Waals surface area contributed by atoms with Gasteiger partial charge in [0.05, 0.1) is 0 Å². The first-order valence-corrected chi connectivity index (χ1v) is 7.64. The Kier molecular flexibility index (Phi) is 4.72. The summed E-state index contributed by atoms with van der Waals surface area (Å²) >= 11 is 1.48. The Labute approximate surface area is 125 Å². The molecule has 2 rings (SSSR count). The number of amides is 1. The second-order valence-electron chi connectivity index (χ2n) is 4.90. The maximum Gasteiger partial charge on any atom is 0.330 e. The third kappa shape index (κ3) is 3.66. The molecule has 1 aromatic rings. The number of thioether (sulfide) groups is 1. The molecule has 1 fully saturated rings. The summed E-state index contributed by atoms with van der Waals surface area (Å²) in [6, 6.07) is 5.45. The highest BCUT2D eigenvalue weighted by Crippen LogP contribution is 2.28. The second-order valence-corrected chi connectivity index (χ2v) is 6.00. The lowest BCUT2D eigenvalue weighted by Crippen LogP contribution is -2.57. The number of ether oxygens (including phenoxy) is 1. The predicted molar refractivity (Wildman–Crippen MR) is 76.9 cm³/mol. The molecule has 0 aliphatic carbocycles. The van der Waals surface area contributed by atoms with Gasteiger partial charge in [0.25, 0.3) is 5.91 Å². The average molecular weight is 313 g/mol. The molecule has 2 atom stereocenters. The van der Waals surface area contributed by atoms with E-state index < -0.39 is 29.3 Å². The molecule has 0 aromatic heterocycles. The molecule has 0 spiro atoms. The van der Waals surface area contributed by atoms with E-state index in [1.54, 1.807) is 0 Å². The molecule has 1 heterocycles. The summed E-state index contributed by atoms with van der Waals surface area (Å²) in [5.41, 5.74) is -1.23. The van der Waals surface area contributed by atoms with Crippen molar-refractivity contribution in [2.45, 2.75) is 25.0 Å². The highest BCUT2D eigenvalue weighted by Gasteiger charge is 2.44. The van der Waals surface area contributed by atoms with Crippen molar-refractivity contribution in [2.24, 2.45) is 0 Å². The topological polar surface area (TPSA) is 75.6 Å². The van der Waals surface area contributed by atoms with E-state index in [1.165, 1.54) is 43.0 Å². The number of rotatable bonds is 5. The molecule has 0 bridgehead atoms. The summed E-state index contributed by atoms with van der Waals surface area (Å²) in [5.74, 6) is -0.785. The Bertz CT molecular complexity index is 546. The van der Waals surface area contributed by atoms with E-state index in [0.717, 1.165) is 0 Å². The van der Waals surface area contributed by atoms with E-state index in [4.69, 9.17) is 4.74 Å². The van der Waals surface area contributed by atoms with Crippen molar-refractivity contribution in [1.29, 1.82) is 0 Å². The van der Waals surface area contributed by atoms with E-state index in [9.17, 15) is 19.1 Å². The summed E-state index contributed by atoms with van der Waals surface area (Å²) in [6.45, 7) is 1.50. The van der Waals surface area contributed by atoms with E-state index in [0.29, 0.717) is 17.9 Å². The molecule has 114 valence electrons. The van der Waals surface area contributed by atoms with E-state index in [2.05, 4.69) is 5.32 Å². The van der Waals surface area contributed by atoms with Crippen molar-refractivity contribution in [3.05, 3.63) is 30.1 Å². The van der Waals surface area contributed by atoms with Crippen LogP contribution in [0.2, 0.25) is 0 Å². The number of carbonyl (C=O) groups excluding carboxylic acids is 1. The van der Waals surface area contributed by atoms with Gasteiger partial charge >= 0.3 is 5.97 Å². The van der Waals surface area contributed by atoms with Crippen LogP contribution in [0, 0.1) is 5.82 Å². The molecule has 1 aliphatic heterocycles. The van der Waals surface area contributed by atoms with Gasteiger partial charge in [-0.2, -0.15) is 11.8 Å². The van der Waals surface area contributed by atoms with E-state index in [1.807, 2.05) is 0 Å². The molecule has 0 unspecified atom stereocenters. The summed E-state index contributed by atoms with van der Waals surface area (Å²) in [6.07, 6.45) is -0.528. The van der Waals surface area contributed by atoms with E-state index >= 15 is 0 Å². The highest BCUT2D eigenvalue weighted by atomic mass is 32.2. The van der Waals surface area contributed by atoms with Crippen LogP contribution in [0.15, 0.2) is 24.3 Å². The maximum atomic E-state index is 13.1. The van der Waals surface area contributed by atoms with E-state index in [-0.39, 0.29) is 5.75 Å². The molecule has 1 aromatic carbocycles. The van der Waals surface area contributed by atoms with Gasteiger partial charge in [0.2, 0.25) is 0 Å². The maximum absolute atomic E-state index is 13.1. The van der Waals surface area contributed by atoms with Crippen molar-refractivity contribution in [3.8, 4) is 5.75 Å². The number of nitrogens with one attached hydrogen (secondary N) is 1. The molecular formula is C14H16FNO4S. The van der Waals surface area contributed by atoms with Gasteiger partial charge in [0.1, 0.15) is 17.1 Å². The smallest absolute Gasteiger partial charge is 0.330 e. The third-order valence-electron chi connectivity index (χ3n) is 3.27. The predicted octanol–water partition coefficient (Wildman–Crippen LogP) is 1.67. The normalized spacial score (nSPS) is 22.6. The number of carbonyl (C=O) groups is 2. The molecule has 21 heavy (non-hydrogen) atoms. The SMILES string of the molecule is C[C@@H](Oc1cccc(F)c1)C(=O)N[C@]1(C(=O)O)CCSC1. The lowest BCUT2D eigenvalue weighted by Gasteiger charge is -2.26. The number of benzene rings is 1. The fourth-order valence-electron chi connectivity index (χ4n) is 2.02. The molecule has 2 N–H and O–H groups in total. The molecule has 1 saturated heterocycles. The largest absolute Gasteiger partial charge is 0.481 e. The van der Waals surface area contributed by atoms with Gasteiger partial charge in [0.15, 0.2) is 6.10 Å². The molecule has 5 nitrogen and oxygen atoms in total. The molecule has 7 heteroatoms. The molecule has 0 radical (unpaired) electrons. The number of hydrogen-bond donors (Lipinski definition) is 2. The first-order chi connectivity index (χ1) is 9.93. The van der Waals surface area contributed by atoms with Gasteiger partial charge < -0.3 is 15.2 Å². The zero-order valence-corrected chi connectivity index (χ0v) is 12.3. The molecular weight excluding hydrogens is 297 g/mol. The number of carboxylic acid groups (broad SMARTS) is 1. The zero-order chi connectivity index (χ0) is 15.5. The van der Waals surface area contributed by atoms with Crippen LogP contribution in [0.4, 0.5) is 4.39 Å². The third-order valence-corrected chi connectivity index (χ3v) is 4.46. The Morgan fingerprint density at radius 1 is 1.52 bits per heavy atom. The lowest BCUT2D eigenvalue weighted by molar-refractivity contribution is -0.147. The monoisotopic (exact) mass is 313 g/mol. The Morgan fingerprint density at radius 3 is 2.86 bits per heavy atom. The van der Waals surface area contributed by atoms with Crippen LogP contribution < -0.4 is 10.1 Å². The van der Waals surface area contributed by atoms with Gasteiger partial charge in [-0.1, -0.05) is 6.07 Å². The molecule has 0 saturated carbocycles. The minimum atomic E-state index is -1.23. The van der Waals surface area contributed by atoms with Crippen LogP contribution in [0.5, 0.6) is 5.75 Å². The molecule has 1 aliphatic rings. The summed E-state index contributed by atoms with van der Waals surface area (Å²) in [7, 11) is 0. The second kappa shape index (κ2) is 6.34. The summed E-state index contributed by atoms with van der Waals surface area (Å²) in [4.78, 5) is 23.5. The minimum Gasteiger partial charge on any atom is -0.481 e. The first-order valence-electron chi connectivity index (χ1n) is 6.48. The van der Waals surface area contributed by atoms with Gasteiger partial charge in [-0.25, -0.2) is 9.18 Å². The van der Waals surface area contributed by atoms with Gasteiger partial charge in [-0.15, -0.1) is 0 Å². The zero-order valence-electron chi connectivity index (χ0n) is 11.5. The van der Waals surface area contributed by atoms with Crippen molar-refractivity contribution < 1.29 is 23.8 Å². The highest BCUT2D eigenvalue weighted by molar-refractivity contribution is 7.99. The van der Waals surface area contributed by atoms with Crippen LogP contribution in [-0.2, 0) is 9.59 Å². The first kappa shape index (κ1) is 15.6. The van der Waals surface area contributed by atoms with Crippen LogP contribution in [-0.4, -0.2) is 40.1 Å². The van der Waals surface area contributed by atoms with Crippen molar-refractivity contribution >= 4 is 23.6 Å². The average Bonchev–Trinajstić information content (AvgIpc) is 2.88. The van der Waals surface area contributed by atoms with Crippen molar-refractivity contribution in [1.82, 2.24) is 5.32 Å². The fourth-order valence-corrected chi connectivity index (χ4v) is 3.35. The summed E-state index contributed by atoms with van der Waals surface area (Å²) in [5, 5.41) is 11.9. The number of carboxylic acids is 1. The fraction of sp³-hybridized carbons (Fsp3) is 0.429. The van der Waals surface area contributed by atoms with Crippen LogP contribution in [0.25, 0.3) is 0 Å². The van der Waals surface area contributed by atoms with Crippen LogP contribution in [0.1, 0.15) is 13.3 Å². The summed E-state index contributed by atoms with van der Waals surface area (Å²) < 4.78 is 18.4. The van der Waals surface area contributed by atoms with Crippen LogP contribution in [0.3, 0.4) is 0 Å². The van der Waals surface area contributed by atoms with Crippen molar-refractivity contribution in [3.63, 3.8) is 0 Å². The van der Waals surface area contributed by atoms with Crippen molar-refractivity contribution in [2.75, 3.05) is 11.5 Å². The number of aliphatic carboxylic acids is 1. The van der Waals surface area contributed by atoms with Gasteiger partial charge in [-0.3, -0.25) is 4.79 Å². The minimum absolute atomic E-state index is 0.225. The number of halogens is 1. The van der Waals surface area contributed by atoms with Crippen LogP contribution >= 0.6 is 11.8 Å². The quantitative estimate of drug-likeness (QED) is 0.865. The lowest BCUT2D eigenvalue weighted by atomic mass is 9.99. The van der Waals surface area contributed by atoms with Gasteiger partial charge in [0, 0.05) is 11.8 Å². The Hall–Kier alpha value is -1.76. The standard InChI is InChI=1S/C14H16FNO4S/c1-9(20-11-4-2-3-10(15)7-11)12(17)16-14(13(18)19)5-6-21-8-14/h2-4,7,9H,5-6,8H2,1H3,(H,16,17)(H,18,19)/t9-,14-/m1/s1. The number of hydrogen-bond acceptors (Lipinski definition) is 4. The van der Waals surface area contributed by atoms with Gasteiger partial charge in [-0.05, 0) is 31.2 Å². The Morgan fingerprint density at radius 2 is 2.29 bits per heavy atom.